The summed E-state index contributed by atoms with van der Waals surface area (Å²) in [5.41, 5.74) is 3.40. The number of aryl methyl sites for hydroxylation is 2. The van der Waals surface area contributed by atoms with Gasteiger partial charge in [0.1, 0.15) is 18.9 Å². The van der Waals surface area contributed by atoms with Gasteiger partial charge >= 0.3 is 5.97 Å². The van der Waals surface area contributed by atoms with Crippen molar-refractivity contribution in [3.63, 3.8) is 0 Å². The molecule has 2 aromatic carbocycles. The number of esters is 1. The second-order valence-electron chi connectivity index (χ2n) is 7.78. The molecule has 4 aromatic rings. The third-order valence-corrected chi connectivity index (χ3v) is 5.53. The van der Waals surface area contributed by atoms with Crippen LogP contribution in [0.25, 0.3) is 32.9 Å². The minimum Gasteiger partial charge on any atom is -0.468 e. The Morgan fingerprint density at radius 3 is 2.56 bits per heavy atom. The Morgan fingerprint density at radius 1 is 1.03 bits per heavy atom. The first kappa shape index (κ1) is 22.9. The third-order valence-electron chi connectivity index (χ3n) is 5.53. The maximum Gasteiger partial charge on any atom is 0.325 e. The molecule has 2 aromatic heterocycles. The normalized spacial score (nSPS) is 11.1. The molecule has 0 aliphatic heterocycles. The topological polar surface area (TPSA) is 120 Å². The number of hydrogen-bond donors (Lipinski definition) is 2. The predicted octanol–water partition coefficient (Wildman–Crippen LogP) is 1.44. The van der Waals surface area contributed by atoms with Crippen molar-refractivity contribution in [1.29, 1.82) is 0 Å². The molecule has 4 rings (SSSR count). The van der Waals surface area contributed by atoms with Crippen LogP contribution in [0.15, 0.2) is 36.7 Å². The number of aromatic nitrogens is 4. The van der Waals surface area contributed by atoms with E-state index in [-0.39, 0.29) is 25.5 Å². The van der Waals surface area contributed by atoms with Crippen molar-refractivity contribution < 1.29 is 23.5 Å². The van der Waals surface area contributed by atoms with E-state index >= 15 is 0 Å². The maximum absolute atomic E-state index is 15.0. The van der Waals surface area contributed by atoms with Gasteiger partial charge in [-0.15, -0.1) is 0 Å². The molecule has 0 aliphatic rings. The lowest BCUT2D eigenvalue weighted by atomic mass is 9.98. The number of hydrogen-bond acceptors (Lipinski definition) is 6. The first-order valence-corrected chi connectivity index (χ1v) is 10.5. The van der Waals surface area contributed by atoms with E-state index in [0.29, 0.717) is 27.4 Å². The first-order chi connectivity index (χ1) is 16.3. The third kappa shape index (κ3) is 4.45. The Bertz CT molecular complexity index is 1420. The van der Waals surface area contributed by atoms with E-state index in [1.807, 2.05) is 19.1 Å². The summed E-state index contributed by atoms with van der Waals surface area (Å²) in [5.74, 6) is -1.93. The van der Waals surface area contributed by atoms with Gasteiger partial charge in [0.25, 0.3) is 0 Å². The number of nitrogens with zero attached hydrogens (tertiary/aromatic N) is 4. The second kappa shape index (κ2) is 9.30. The van der Waals surface area contributed by atoms with E-state index in [2.05, 4.69) is 25.6 Å². The van der Waals surface area contributed by atoms with Gasteiger partial charge in [0.2, 0.25) is 11.8 Å². The SMILES string of the molecule is COC(=O)CNC(=O)CNC(=O)Cn1ncc2c(-c3cc4c(cnn4C)cc3F)ccc(C)c21. The molecule has 11 heteroatoms. The summed E-state index contributed by atoms with van der Waals surface area (Å²) in [4.78, 5) is 35.3. The minimum atomic E-state index is -0.590. The molecule has 10 nitrogen and oxygen atoms in total. The van der Waals surface area contributed by atoms with Gasteiger partial charge in [-0.25, -0.2) is 4.39 Å². The monoisotopic (exact) mass is 466 g/mol. The van der Waals surface area contributed by atoms with Gasteiger partial charge in [-0.05, 0) is 30.2 Å². The highest BCUT2D eigenvalue weighted by Crippen LogP contribution is 2.34. The molecule has 0 fully saturated rings. The molecule has 2 amide bonds. The van der Waals surface area contributed by atoms with Crippen LogP contribution >= 0.6 is 0 Å². The maximum atomic E-state index is 15.0. The van der Waals surface area contributed by atoms with Crippen LogP contribution in [-0.4, -0.2) is 57.5 Å². The number of benzene rings is 2. The lowest BCUT2D eigenvalue weighted by molar-refractivity contribution is -0.141. The van der Waals surface area contributed by atoms with Crippen LogP contribution in [0, 0.1) is 12.7 Å². The molecule has 176 valence electrons. The van der Waals surface area contributed by atoms with Crippen molar-refractivity contribution in [2.75, 3.05) is 20.2 Å². The Hall–Kier alpha value is -4.28. The smallest absolute Gasteiger partial charge is 0.325 e. The number of fused-ring (bicyclic) bond motifs is 2. The van der Waals surface area contributed by atoms with Crippen LogP contribution < -0.4 is 10.6 Å². The van der Waals surface area contributed by atoms with E-state index in [1.54, 1.807) is 30.2 Å². The quantitative estimate of drug-likeness (QED) is 0.398. The van der Waals surface area contributed by atoms with Gasteiger partial charge in [0.05, 0.1) is 37.1 Å². The fraction of sp³-hybridized carbons (Fsp3) is 0.261. The average Bonchev–Trinajstić information content (AvgIpc) is 3.40. The van der Waals surface area contributed by atoms with Crippen LogP contribution in [0.5, 0.6) is 0 Å². The zero-order valence-electron chi connectivity index (χ0n) is 18.9. The van der Waals surface area contributed by atoms with E-state index in [4.69, 9.17) is 0 Å². The summed E-state index contributed by atoms with van der Waals surface area (Å²) in [6.07, 6.45) is 3.21. The Labute approximate surface area is 193 Å². The number of amides is 2. The van der Waals surface area contributed by atoms with Crippen LogP contribution in [0.2, 0.25) is 0 Å². The molecule has 2 N–H and O–H groups in total. The number of nitrogens with one attached hydrogen (secondary N) is 2. The molecule has 0 saturated carbocycles. The molecule has 0 spiro atoms. The zero-order chi connectivity index (χ0) is 24.4. The predicted molar refractivity (Wildman–Crippen MR) is 122 cm³/mol. The van der Waals surface area contributed by atoms with Crippen molar-refractivity contribution in [2.24, 2.45) is 7.05 Å². The Balaban J connectivity index is 1.56. The molecular formula is C23H23FN6O4. The molecule has 34 heavy (non-hydrogen) atoms. The number of halogens is 1. The van der Waals surface area contributed by atoms with Crippen LogP contribution in [-0.2, 0) is 32.7 Å². The lowest BCUT2D eigenvalue weighted by Crippen LogP contribution is -2.40. The number of methoxy groups -OCH3 is 1. The van der Waals surface area contributed by atoms with E-state index in [1.165, 1.54) is 17.9 Å². The van der Waals surface area contributed by atoms with Crippen molar-refractivity contribution in [3.8, 4) is 11.1 Å². The zero-order valence-corrected chi connectivity index (χ0v) is 18.9. The van der Waals surface area contributed by atoms with E-state index in [0.717, 1.165) is 11.1 Å². The second-order valence-corrected chi connectivity index (χ2v) is 7.78. The molecule has 2 heterocycles. The number of carbonyl (C=O) groups is 3. The van der Waals surface area contributed by atoms with Crippen LogP contribution in [0.4, 0.5) is 4.39 Å². The highest BCUT2D eigenvalue weighted by atomic mass is 19.1. The summed E-state index contributed by atoms with van der Waals surface area (Å²) in [6, 6.07) is 6.88. The molecule has 0 unspecified atom stereocenters. The fourth-order valence-electron chi connectivity index (χ4n) is 3.78. The summed E-state index contributed by atoms with van der Waals surface area (Å²) in [6.45, 7) is 1.16. The molecule has 0 aliphatic carbocycles. The van der Waals surface area contributed by atoms with E-state index in [9.17, 15) is 18.8 Å². The van der Waals surface area contributed by atoms with Crippen LogP contribution in [0.1, 0.15) is 5.56 Å². The summed E-state index contributed by atoms with van der Waals surface area (Å²) < 4.78 is 22.6. The lowest BCUT2D eigenvalue weighted by Gasteiger charge is -2.10. The summed E-state index contributed by atoms with van der Waals surface area (Å²) in [7, 11) is 3.00. The minimum absolute atomic E-state index is 0.138. The van der Waals surface area contributed by atoms with Gasteiger partial charge in [-0.2, -0.15) is 10.2 Å². The summed E-state index contributed by atoms with van der Waals surface area (Å²) in [5, 5.41) is 14.7. The Kier molecular flexibility index (Phi) is 6.26. The molecular weight excluding hydrogens is 443 g/mol. The van der Waals surface area contributed by atoms with Crippen molar-refractivity contribution >= 4 is 39.6 Å². The number of carbonyl (C=O) groups excluding carboxylic acids is 3. The highest BCUT2D eigenvalue weighted by molar-refractivity contribution is 5.99. The summed E-state index contributed by atoms with van der Waals surface area (Å²) >= 11 is 0. The van der Waals surface area contributed by atoms with Crippen molar-refractivity contribution in [2.45, 2.75) is 13.5 Å². The fourth-order valence-corrected chi connectivity index (χ4v) is 3.78. The molecule has 0 saturated heterocycles. The number of rotatable bonds is 7. The van der Waals surface area contributed by atoms with Gasteiger partial charge < -0.3 is 15.4 Å². The Morgan fingerprint density at radius 2 is 1.79 bits per heavy atom. The standard InChI is InChI=1S/C23H23FN6O4/c1-13-4-5-15(16-7-19-14(6-18(16)24)8-27-29(19)2)17-9-28-30(23(13)17)12-21(32)25-10-20(31)26-11-22(33)34-3/h4-9H,10-12H2,1-3H3,(H,25,32)(H,26,31). The van der Waals surface area contributed by atoms with Gasteiger partial charge in [-0.3, -0.25) is 23.7 Å². The molecule has 0 atom stereocenters. The van der Waals surface area contributed by atoms with Crippen molar-refractivity contribution in [1.82, 2.24) is 30.2 Å². The average molecular weight is 466 g/mol. The van der Waals surface area contributed by atoms with Gasteiger partial charge in [-0.1, -0.05) is 12.1 Å². The largest absolute Gasteiger partial charge is 0.468 e. The van der Waals surface area contributed by atoms with Crippen LogP contribution in [0.3, 0.4) is 0 Å². The first-order valence-electron chi connectivity index (χ1n) is 10.5. The van der Waals surface area contributed by atoms with Crippen molar-refractivity contribution in [3.05, 3.63) is 48.0 Å². The molecule has 0 bridgehead atoms. The van der Waals surface area contributed by atoms with E-state index < -0.39 is 17.8 Å². The van der Waals surface area contributed by atoms with Gasteiger partial charge in [0.15, 0.2) is 0 Å². The van der Waals surface area contributed by atoms with Gasteiger partial charge in [0, 0.05) is 23.4 Å². The highest BCUT2D eigenvalue weighted by Gasteiger charge is 2.17. The molecule has 0 radical (unpaired) electrons. The number of ether oxygens (including phenoxy) is 1.